The van der Waals surface area contributed by atoms with Crippen molar-refractivity contribution in [2.24, 2.45) is 7.05 Å². The van der Waals surface area contributed by atoms with Gasteiger partial charge < -0.3 is 4.57 Å². The highest BCUT2D eigenvalue weighted by molar-refractivity contribution is 8.00. The molecule has 0 amide bonds. The van der Waals surface area contributed by atoms with E-state index in [9.17, 15) is 9.18 Å². The molecule has 1 aromatic heterocycles. The largest absolute Gasteiger partial charge is 0.305 e. The molecule has 0 aliphatic carbocycles. The second kappa shape index (κ2) is 7.41. The molecule has 0 fully saturated rings. The topological polar surface area (TPSA) is 47.8 Å². The first-order valence-electron chi connectivity index (χ1n) is 8.31. The van der Waals surface area contributed by atoms with Crippen LogP contribution in [0.15, 0.2) is 47.6 Å². The molecule has 1 heterocycles. The maximum absolute atomic E-state index is 14.0. The van der Waals surface area contributed by atoms with Crippen molar-refractivity contribution in [2.75, 3.05) is 0 Å². The average Bonchev–Trinajstić information content (AvgIpc) is 2.97. The Morgan fingerprint density at radius 1 is 1.12 bits per heavy atom. The van der Waals surface area contributed by atoms with E-state index in [0.717, 1.165) is 11.1 Å². The van der Waals surface area contributed by atoms with Crippen LogP contribution in [0.2, 0.25) is 0 Å². The predicted octanol–water partition coefficient (Wildman–Crippen LogP) is 4.60. The van der Waals surface area contributed by atoms with Gasteiger partial charge in [-0.15, -0.1) is 10.2 Å². The number of nitrogens with zero attached hydrogens (tertiary/aromatic N) is 3. The van der Waals surface area contributed by atoms with Crippen LogP contribution in [0.25, 0.3) is 11.4 Å². The first-order valence-corrected chi connectivity index (χ1v) is 9.19. The molecule has 1 atom stereocenters. The van der Waals surface area contributed by atoms with Gasteiger partial charge >= 0.3 is 0 Å². The molecule has 0 bridgehead atoms. The zero-order valence-corrected chi connectivity index (χ0v) is 16.0. The fourth-order valence-corrected chi connectivity index (χ4v) is 3.53. The van der Waals surface area contributed by atoms with Gasteiger partial charge in [0.15, 0.2) is 16.8 Å². The fraction of sp³-hybridized carbons (Fsp3) is 0.250. The van der Waals surface area contributed by atoms with E-state index in [2.05, 4.69) is 10.2 Å². The van der Waals surface area contributed by atoms with Gasteiger partial charge in [0, 0.05) is 12.6 Å². The number of halogens is 1. The van der Waals surface area contributed by atoms with Gasteiger partial charge in [0.05, 0.1) is 10.8 Å². The van der Waals surface area contributed by atoms with Gasteiger partial charge in [0.25, 0.3) is 0 Å². The molecule has 6 heteroatoms. The molecule has 0 saturated carbocycles. The van der Waals surface area contributed by atoms with Crippen molar-refractivity contribution in [1.82, 2.24) is 14.8 Å². The molecule has 2 aromatic carbocycles. The molecule has 1 unspecified atom stereocenters. The minimum atomic E-state index is -0.348. The Balaban J connectivity index is 1.82. The summed E-state index contributed by atoms with van der Waals surface area (Å²) in [7, 11) is 1.78. The molecule has 26 heavy (non-hydrogen) atoms. The summed E-state index contributed by atoms with van der Waals surface area (Å²) in [6.07, 6.45) is 0. The third-order valence-corrected chi connectivity index (χ3v) is 5.53. The summed E-state index contributed by atoms with van der Waals surface area (Å²) in [6.45, 7) is 5.86. The summed E-state index contributed by atoms with van der Waals surface area (Å²) in [5.41, 5.74) is 3.32. The summed E-state index contributed by atoms with van der Waals surface area (Å²) in [5.74, 6) is 0.128. The van der Waals surface area contributed by atoms with Crippen LogP contribution in [0.4, 0.5) is 4.39 Å². The highest BCUT2D eigenvalue weighted by atomic mass is 32.2. The van der Waals surface area contributed by atoms with Gasteiger partial charge in [-0.2, -0.15) is 0 Å². The van der Waals surface area contributed by atoms with Crippen LogP contribution >= 0.6 is 11.8 Å². The number of aromatic nitrogens is 3. The average molecular weight is 369 g/mol. The lowest BCUT2D eigenvalue weighted by atomic mass is 10.0. The maximum Gasteiger partial charge on any atom is 0.191 e. The first-order chi connectivity index (χ1) is 12.4. The van der Waals surface area contributed by atoms with E-state index in [1.54, 1.807) is 29.8 Å². The van der Waals surface area contributed by atoms with Crippen LogP contribution in [0.5, 0.6) is 0 Å². The molecule has 0 radical (unpaired) electrons. The molecule has 0 aliphatic rings. The highest BCUT2D eigenvalue weighted by Crippen LogP contribution is 2.28. The van der Waals surface area contributed by atoms with E-state index in [4.69, 9.17) is 0 Å². The number of Topliss-reactive ketones (excluding diaryl/α,β-unsaturated/α-hetero) is 1. The molecule has 0 spiro atoms. The lowest BCUT2D eigenvalue weighted by Crippen LogP contribution is -2.14. The van der Waals surface area contributed by atoms with Crippen LogP contribution in [-0.2, 0) is 7.05 Å². The number of carbonyl (C=O) groups excluding carboxylic acids is 1. The molecule has 3 aromatic rings. The molecule has 134 valence electrons. The smallest absolute Gasteiger partial charge is 0.191 e. The standard InChI is InChI=1S/C20H20FN3OS/c1-12-9-10-15(11-13(12)2)18(25)14(3)26-20-23-22-19(24(20)4)16-7-5-6-8-17(16)21/h5-11,14H,1-4H3. The quantitative estimate of drug-likeness (QED) is 0.487. The summed E-state index contributed by atoms with van der Waals surface area (Å²) in [6, 6.07) is 12.2. The molecule has 4 nitrogen and oxygen atoms in total. The molecule has 3 rings (SSSR count). The fourth-order valence-electron chi connectivity index (χ4n) is 2.64. The number of ketones is 1. The number of hydrogen-bond acceptors (Lipinski definition) is 4. The van der Waals surface area contributed by atoms with Gasteiger partial charge in [-0.25, -0.2) is 4.39 Å². The normalized spacial score (nSPS) is 12.2. The van der Waals surface area contributed by atoms with Crippen molar-refractivity contribution in [1.29, 1.82) is 0 Å². The SMILES string of the molecule is Cc1ccc(C(=O)C(C)Sc2nnc(-c3ccccc3F)n2C)cc1C. The maximum atomic E-state index is 14.0. The van der Waals surface area contributed by atoms with Gasteiger partial charge in [0.2, 0.25) is 0 Å². The van der Waals surface area contributed by atoms with E-state index >= 15 is 0 Å². The number of thioether (sulfide) groups is 1. The zero-order valence-electron chi connectivity index (χ0n) is 15.2. The molecule has 0 saturated heterocycles. The Labute approximate surface area is 156 Å². The van der Waals surface area contributed by atoms with Crippen LogP contribution in [-0.4, -0.2) is 25.8 Å². The molecule has 0 N–H and O–H groups in total. The number of hydrogen-bond donors (Lipinski definition) is 0. The minimum absolute atomic E-state index is 0.0357. The van der Waals surface area contributed by atoms with Crippen molar-refractivity contribution in [3.05, 3.63) is 65.0 Å². The van der Waals surface area contributed by atoms with Gasteiger partial charge in [-0.05, 0) is 50.1 Å². The number of aryl methyl sites for hydroxylation is 2. The molecule has 0 aliphatic heterocycles. The predicted molar refractivity (Wildman–Crippen MR) is 102 cm³/mol. The Morgan fingerprint density at radius 3 is 2.54 bits per heavy atom. The van der Waals surface area contributed by atoms with Gasteiger partial charge in [-0.1, -0.05) is 36.0 Å². The summed E-state index contributed by atoms with van der Waals surface area (Å²) in [5, 5.41) is 8.49. The van der Waals surface area contributed by atoms with Crippen LogP contribution in [0, 0.1) is 19.7 Å². The van der Waals surface area contributed by atoms with E-state index in [1.165, 1.54) is 17.8 Å². The molecular weight excluding hydrogens is 349 g/mol. The first kappa shape index (κ1) is 18.3. The Bertz CT molecular complexity index is 967. The van der Waals surface area contributed by atoms with E-state index in [1.807, 2.05) is 39.0 Å². The van der Waals surface area contributed by atoms with Crippen LogP contribution in [0.1, 0.15) is 28.4 Å². The summed E-state index contributed by atoms with van der Waals surface area (Å²) < 4.78 is 15.7. The third kappa shape index (κ3) is 3.55. The highest BCUT2D eigenvalue weighted by Gasteiger charge is 2.21. The lowest BCUT2D eigenvalue weighted by molar-refractivity contribution is 0.0993. The van der Waals surface area contributed by atoms with Crippen molar-refractivity contribution < 1.29 is 9.18 Å². The summed E-state index contributed by atoms with van der Waals surface area (Å²) >= 11 is 1.32. The third-order valence-electron chi connectivity index (χ3n) is 4.39. The summed E-state index contributed by atoms with van der Waals surface area (Å²) in [4.78, 5) is 12.7. The van der Waals surface area contributed by atoms with Gasteiger partial charge in [0.1, 0.15) is 5.82 Å². The Morgan fingerprint density at radius 2 is 1.85 bits per heavy atom. The lowest BCUT2D eigenvalue weighted by Gasteiger charge is -2.11. The Kier molecular flexibility index (Phi) is 5.23. The van der Waals surface area contributed by atoms with Crippen molar-refractivity contribution in [3.8, 4) is 11.4 Å². The number of benzene rings is 2. The van der Waals surface area contributed by atoms with E-state index < -0.39 is 0 Å². The Hall–Kier alpha value is -2.47. The number of rotatable bonds is 5. The second-order valence-corrected chi connectivity index (χ2v) is 7.58. The van der Waals surface area contributed by atoms with E-state index in [-0.39, 0.29) is 16.9 Å². The van der Waals surface area contributed by atoms with Crippen LogP contribution in [0.3, 0.4) is 0 Å². The monoisotopic (exact) mass is 369 g/mol. The zero-order chi connectivity index (χ0) is 18.8. The van der Waals surface area contributed by atoms with E-state index in [0.29, 0.717) is 22.1 Å². The van der Waals surface area contributed by atoms with Crippen molar-refractivity contribution >= 4 is 17.5 Å². The van der Waals surface area contributed by atoms with Crippen molar-refractivity contribution in [3.63, 3.8) is 0 Å². The number of carbonyl (C=O) groups is 1. The second-order valence-electron chi connectivity index (χ2n) is 6.27. The molecular formula is C20H20FN3OS. The van der Waals surface area contributed by atoms with Crippen LogP contribution < -0.4 is 0 Å². The van der Waals surface area contributed by atoms with Crippen molar-refractivity contribution in [2.45, 2.75) is 31.2 Å². The minimum Gasteiger partial charge on any atom is -0.305 e. The van der Waals surface area contributed by atoms with Gasteiger partial charge in [-0.3, -0.25) is 4.79 Å².